The second-order valence-electron chi connectivity index (χ2n) is 7.46. The number of rotatable bonds is 5. The van der Waals surface area contributed by atoms with Crippen LogP contribution in [0.4, 0.5) is 28.8 Å². The predicted octanol–water partition coefficient (Wildman–Crippen LogP) is 4.73. The van der Waals surface area contributed by atoms with Crippen LogP contribution < -0.4 is 15.5 Å². The summed E-state index contributed by atoms with van der Waals surface area (Å²) in [7, 11) is 0. The summed E-state index contributed by atoms with van der Waals surface area (Å²) in [5, 5.41) is 6.83. The summed E-state index contributed by atoms with van der Waals surface area (Å²) in [6, 6.07) is 16.6. The summed E-state index contributed by atoms with van der Waals surface area (Å²) in [5.41, 5.74) is 6.50. The number of benzene rings is 2. The van der Waals surface area contributed by atoms with Gasteiger partial charge >= 0.3 is 0 Å². The van der Waals surface area contributed by atoms with Crippen molar-refractivity contribution in [2.24, 2.45) is 0 Å². The monoisotopic (exact) mass is 389 g/mol. The Bertz CT molecular complexity index is 978. The Hall–Kier alpha value is -3.12. The van der Waals surface area contributed by atoms with Crippen LogP contribution in [0.1, 0.15) is 16.8 Å². The van der Waals surface area contributed by atoms with E-state index in [1.807, 2.05) is 19.1 Å². The number of anilines is 5. The Balaban J connectivity index is 1.58. The normalized spacial score (nSPS) is 14.0. The van der Waals surface area contributed by atoms with Crippen molar-refractivity contribution in [3.05, 3.63) is 65.4 Å². The van der Waals surface area contributed by atoms with Crippen molar-refractivity contribution in [1.29, 1.82) is 0 Å². The Kier molecular flexibility index (Phi) is 5.62. The van der Waals surface area contributed by atoms with E-state index in [1.165, 1.54) is 11.1 Å². The quantitative estimate of drug-likeness (QED) is 0.658. The van der Waals surface area contributed by atoms with E-state index < -0.39 is 0 Å². The van der Waals surface area contributed by atoms with Crippen LogP contribution in [0.2, 0.25) is 0 Å². The predicted molar refractivity (Wildman–Crippen MR) is 119 cm³/mol. The van der Waals surface area contributed by atoms with Gasteiger partial charge in [0.25, 0.3) is 0 Å². The molecule has 0 bridgehead atoms. The lowest BCUT2D eigenvalue weighted by atomic mass is 10.1. The number of hydrogen-bond donors (Lipinski definition) is 2. The first-order valence-electron chi connectivity index (χ1n) is 9.96. The fraction of sp³-hybridized carbons (Fsp3) is 0.304. The van der Waals surface area contributed by atoms with E-state index in [0.29, 0.717) is 5.95 Å². The fourth-order valence-corrected chi connectivity index (χ4v) is 3.66. The molecule has 2 aromatic carbocycles. The molecule has 0 atom stereocenters. The van der Waals surface area contributed by atoms with E-state index in [0.717, 1.165) is 54.9 Å². The zero-order valence-electron chi connectivity index (χ0n) is 17.2. The van der Waals surface area contributed by atoms with Gasteiger partial charge in [-0.15, -0.1) is 0 Å². The number of aromatic nitrogens is 2. The highest BCUT2D eigenvalue weighted by Gasteiger charge is 2.15. The Labute approximate surface area is 172 Å². The number of nitrogens with one attached hydrogen (secondary N) is 2. The van der Waals surface area contributed by atoms with Gasteiger partial charge in [-0.1, -0.05) is 18.2 Å². The topological polar surface area (TPSA) is 62.3 Å². The van der Waals surface area contributed by atoms with Gasteiger partial charge < -0.3 is 20.3 Å². The maximum atomic E-state index is 5.49. The highest BCUT2D eigenvalue weighted by molar-refractivity contribution is 5.74. The van der Waals surface area contributed by atoms with Gasteiger partial charge in [0.1, 0.15) is 5.82 Å². The summed E-state index contributed by atoms with van der Waals surface area (Å²) in [4.78, 5) is 11.6. The Morgan fingerprint density at radius 2 is 1.59 bits per heavy atom. The minimum atomic E-state index is 0.585. The number of para-hydroxylation sites is 2. The van der Waals surface area contributed by atoms with Crippen molar-refractivity contribution >= 4 is 28.8 Å². The summed E-state index contributed by atoms with van der Waals surface area (Å²) in [6.07, 6.45) is 0. The highest BCUT2D eigenvalue weighted by atomic mass is 16.5. The first-order valence-corrected chi connectivity index (χ1v) is 9.96. The first-order chi connectivity index (χ1) is 14.1. The molecule has 0 unspecified atom stereocenters. The van der Waals surface area contributed by atoms with Gasteiger partial charge in [0.15, 0.2) is 0 Å². The first kappa shape index (κ1) is 19.2. The van der Waals surface area contributed by atoms with Crippen molar-refractivity contribution in [2.45, 2.75) is 20.8 Å². The molecule has 6 nitrogen and oxygen atoms in total. The second kappa shape index (κ2) is 8.49. The molecule has 0 saturated carbocycles. The van der Waals surface area contributed by atoms with Crippen molar-refractivity contribution in [1.82, 2.24) is 9.97 Å². The molecule has 3 aromatic rings. The molecule has 29 heavy (non-hydrogen) atoms. The van der Waals surface area contributed by atoms with Gasteiger partial charge in [0.05, 0.1) is 24.6 Å². The van der Waals surface area contributed by atoms with Gasteiger partial charge in [0.2, 0.25) is 5.95 Å². The third-order valence-corrected chi connectivity index (χ3v) is 4.85. The van der Waals surface area contributed by atoms with Crippen molar-refractivity contribution in [3.8, 4) is 0 Å². The summed E-state index contributed by atoms with van der Waals surface area (Å²) >= 11 is 0. The zero-order chi connectivity index (χ0) is 20.2. The molecule has 0 radical (unpaired) electrons. The molecule has 1 fully saturated rings. The molecular weight excluding hydrogens is 362 g/mol. The molecule has 4 rings (SSSR count). The molecule has 150 valence electrons. The maximum absolute atomic E-state index is 5.49. The lowest BCUT2D eigenvalue weighted by Crippen LogP contribution is -2.36. The fourth-order valence-electron chi connectivity index (χ4n) is 3.66. The van der Waals surface area contributed by atoms with Crippen molar-refractivity contribution < 1.29 is 4.74 Å². The molecule has 0 aliphatic carbocycles. The smallest absolute Gasteiger partial charge is 0.229 e. The van der Waals surface area contributed by atoms with Gasteiger partial charge in [-0.2, -0.15) is 4.98 Å². The van der Waals surface area contributed by atoms with Crippen LogP contribution in [-0.4, -0.2) is 36.3 Å². The highest BCUT2D eigenvalue weighted by Crippen LogP contribution is 2.29. The van der Waals surface area contributed by atoms with Crippen LogP contribution in [0.5, 0.6) is 0 Å². The number of hydrogen-bond acceptors (Lipinski definition) is 6. The minimum absolute atomic E-state index is 0.585. The van der Waals surface area contributed by atoms with Crippen molar-refractivity contribution in [3.63, 3.8) is 0 Å². The maximum Gasteiger partial charge on any atom is 0.229 e. The standard InChI is InChI=1S/C23H27N5O/c1-16-12-17(2)14-19(13-16)25-23-24-18(3)15-22(27-23)26-20-6-4-5-7-21(20)28-8-10-29-11-9-28/h4-7,12-15H,8-11H2,1-3H3,(H2,24,25,26,27). The SMILES string of the molecule is Cc1cc(C)cc(Nc2nc(C)cc(Nc3ccccc3N3CCOCC3)n2)c1. The molecule has 6 heteroatoms. The molecular formula is C23H27N5O. The van der Waals surface area contributed by atoms with E-state index in [4.69, 9.17) is 9.72 Å². The minimum Gasteiger partial charge on any atom is -0.378 e. The number of aryl methyl sites for hydroxylation is 3. The molecule has 0 amide bonds. The van der Waals surface area contributed by atoms with Crippen molar-refractivity contribution in [2.75, 3.05) is 41.8 Å². The third kappa shape index (κ3) is 4.84. The van der Waals surface area contributed by atoms with Crippen LogP contribution in [0, 0.1) is 20.8 Å². The summed E-state index contributed by atoms with van der Waals surface area (Å²) < 4.78 is 5.49. The lowest BCUT2D eigenvalue weighted by Gasteiger charge is -2.30. The molecule has 2 heterocycles. The molecule has 1 aliphatic heterocycles. The largest absolute Gasteiger partial charge is 0.378 e. The van der Waals surface area contributed by atoms with Crippen LogP contribution in [0.25, 0.3) is 0 Å². The van der Waals surface area contributed by atoms with E-state index in [2.05, 4.69) is 70.8 Å². The summed E-state index contributed by atoms with van der Waals surface area (Å²) in [5.74, 6) is 1.35. The number of morpholine rings is 1. The van der Waals surface area contributed by atoms with Crippen LogP contribution in [-0.2, 0) is 4.74 Å². The summed E-state index contributed by atoms with van der Waals surface area (Å²) in [6.45, 7) is 9.45. The lowest BCUT2D eigenvalue weighted by molar-refractivity contribution is 0.123. The van der Waals surface area contributed by atoms with Crippen LogP contribution >= 0.6 is 0 Å². The van der Waals surface area contributed by atoms with E-state index in [9.17, 15) is 0 Å². The van der Waals surface area contributed by atoms with Gasteiger partial charge in [-0.05, 0) is 56.2 Å². The molecule has 2 N–H and O–H groups in total. The van der Waals surface area contributed by atoms with Crippen LogP contribution in [0.3, 0.4) is 0 Å². The van der Waals surface area contributed by atoms with E-state index in [1.54, 1.807) is 0 Å². The van der Waals surface area contributed by atoms with Gasteiger partial charge in [-0.25, -0.2) is 4.98 Å². The Morgan fingerprint density at radius 1 is 0.862 bits per heavy atom. The average Bonchev–Trinajstić information content (AvgIpc) is 2.68. The van der Waals surface area contributed by atoms with E-state index >= 15 is 0 Å². The number of nitrogens with zero attached hydrogens (tertiary/aromatic N) is 3. The molecule has 1 aromatic heterocycles. The molecule has 0 spiro atoms. The Morgan fingerprint density at radius 3 is 2.34 bits per heavy atom. The molecule has 1 saturated heterocycles. The second-order valence-corrected chi connectivity index (χ2v) is 7.46. The van der Waals surface area contributed by atoms with Gasteiger partial charge in [0, 0.05) is 30.5 Å². The van der Waals surface area contributed by atoms with Crippen LogP contribution in [0.15, 0.2) is 48.5 Å². The number of ether oxygens (including phenoxy) is 1. The van der Waals surface area contributed by atoms with Gasteiger partial charge in [-0.3, -0.25) is 0 Å². The zero-order valence-corrected chi connectivity index (χ0v) is 17.2. The third-order valence-electron chi connectivity index (χ3n) is 4.85. The average molecular weight is 390 g/mol. The molecule has 1 aliphatic rings. The van der Waals surface area contributed by atoms with E-state index in [-0.39, 0.29) is 0 Å².